The molecule has 1 aliphatic rings. The van der Waals surface area contributed by atoms with Crippen molar-refractivity contribution in [1.82, 2.24) is 0 Å². The third-order valence-corrected chi connectivity index (χ3v) is 4.60. The Morgan fingerprint density at radius 1 is 0.905 bits per heavy atom. The van der Waals surface area contributed by atoms with Crippen LogP contribution in [0.25, 0.3) is 0 Å². The molecular weight excluding hydrogens is 256 g/mol. The average molecular weight is 280 g/mol. The lowest BCUT2D eigenvalue weighted by Crippen LogP contribution is -2.38. The van der Waals surface area contributed by atoms with E-state index < -0.39 is 0 Å². The second-order valence-corrected chi connectivity index (χ2v) is 6.49. The van der Waals surface area contributed by atoms with E-state index in [0.717, 1.165) is 19.4 Å². The van der Waals surface area contributed by atoms with E-state index in [2.05, 4.69) is 67.6 Å². The first-order chi connectivity index (χ1) is 10.3. The lowest BCUT2D eigenvalue weighted by molar-refractivity contribution is -0.0543. The summed E-state index contributed by atoms with van der Waals surface area (Å²) in [6.45, 7) is 3.06. The molecule has 1 unspecified atom stereocenters. The Hall–Kier alpha value is -1.60. The summed E-state index contributed by atoms with van der Waals surface area (Å²) >= 11 is 0. The highest BCUT2D eigenvalue weighted by molar-refractivity contribution is 5.21. The van der Waals surface area contributed by atoms with E-state index in [9.17, 15) is 0 Å². The molecule has 1 nitrogen and oxygen atoms in total. The highest BCUT2D eigenvalue weighted by Gasteiger charge is 2.35. The Bertz CT molecular complexity index is 495. The Balaban J connectivity index is 1.81. The average Bonchev–Trinajstić information content (AvgIpc) is 2.52. The number of rotatable bonds is 4. The maximum Gasteiger partial charge on any atom is 0.0547 e. The molecule has 0 spiro atoms. The van der Waals surface area contributed by atoms with Crippen molar-refractivity contribution < 1.29 is 4.74 Å². The van der Waals surface area contributed by atoms with E-state index in [1.165, 1.54) is 24.0 Å². The summed E-state index contributed by atoms with van der Waals surface area (Å²) in [5.41, 5.74) is 3.09. The topological polar surface area (TPSA) is 9.23 Å². The summed E-state index contributed by atoms with van der Waals surface area (Å²) in [6, 6.07) is 21.7. The quantitative estimate of drug-likeness (QED) is 0.791. The Labute approximate surface area is 128 Å². The van der Waals surface area contributed by atoms with Crippen LogP contribution in [-0.4, -0.2) is 12.7 Å². The standard InChI is InChI=1S/C20H24O/c1-17-12-13-20(16-21-17,14-18-8-4-2-5-9-18)15-19-10-6-3-7-11-19/h2-11,17H,12-16H2,1H3. The lowest BCUT2D eigenvalue weighted by Gasteiger charge is -2.40. The van der Waals surface area contributed by atoms with Crippen LogP contribution < -0.4 is 0 Å². The van der Waals surface area contributed by atoms with E-state index in [0.29, 0.717) is 6.10 Å². The summed E-state index contributed by atoms with van der Waals surface area (Å²) in [5, 5.41) is 0. The van der Waals surface area contributed by atoms with Gasteiger partial charge in [-0.15, -0.1) is 0 Å². The van der Waals surface area contributed by atoms with Crippen LogP contribution in [0.2, 0.25) is 0 Å². The molecule has 0 aliphatic carbocycles. The van der Waals surface area contributed by atoms with Crippen LogP contribution in [0.4, 0.5) is 0 Å². The minimum atomic E-state index is 0.245. The molecule has 21 heavy (non-hydrogen) atoms. The van der Waals surface area contributed by atoms with Gasteiger partial charge in [-0.2, -0.15) is 0 Å². The van der Waals surface area contributed by atoms with Gasteiger partial charge in [-0.05, 0) is 43.7 Å². The zero-order chi connectivity index (χ0) is 14.5. The molecule has 1 heteroatoms. The number of benzene rings is 2. The third-order valence-electron chi connectivity index (χ3n) is 4.60. The van der Waals surface area contributed by atoms with Crippen molar-refractivity contribution >= 4 is 0 Å². The van der Waals surface area contributed by atoms with Crippen molar-refractivity contribution in [3.05, 3.63) is 71.8 Å². The summed E-state index contributed by atoms with van der Waals surface area (Å²) < 4.78 is 6.04. The van der Waals surface area contributed by atoms with Crippen molar-refractivity contribution in [1.29, 1.82) is 0 Å². The van der Waals surface area contributed by atoms with E-state index in [-0.39, 0.29) is 5.41 Å². The van der Waals surface area contributed by atoms with Gasteiger partial charge < -0.3 is 4.74 Å². The first-order valence-electron chi connectivity index (χ1n) is 7.95. The summed E-state index contributed by atoms with van der Waals surface area (Å²) in [7, 11) is 0. The maximum absolute atomic E-state index is 6.04. The maximum atomic E-state index is 6.04. The molecule has 0 aromatic heterocycles. The van der Waals surface area contributed by atoms with Gasteiger partial charge in [-0.3, -0.25) is 0 Å². The van der Waals surface area contributed by atoms with Gasteiger partial charge in [0.15, 0.2) is 0 Å². The van der Waals surface area contributed by atoms with Crippen molar-refractivity contribution in [3.8, 4) is 0 Å². The number of hydrogen-bond acceptors (Lipinski definition) is 1. The van der Waals surface area contributed by atoms with Gasteiger partial charge in [-0.25, -0.2) is 0 Å². The van der Waals surface area contributed by atoms with E-state index in [1.54, 1.807) is 0 Å². The van der Waals surface area contributed by atoms with Gasteiger partial charge in [0.05, 0.1) is 12.7 Å². The minimum Gasteiger partial charge on any atom is -0.378 e. The molecule has 0 amide bonds. The van der Waals surface area contributed by atoms with Crippen LogP contribution in [0.3, 0.4) is 0 Å². The third kappa shape index (κ3) is 3.74. The van der Waals surface area contributed by atoms with Crippen LogP contribution in [0, 0.1) is 5.41 Å². The van der Waals surface area contributed by atoms with Gasteiger partial charge in [0.1, 0.15) is 0 Å². The van der Waals surface area contributed by atoms with Crippen LogP contribution in [0.15, 0.2) is 60.7 Å². The SMILES string of the molecule is CC1CCC(Cc2ccccc2)(Cc2ccccc2)CO1. The second kappa shape index (κ2) is 6.44. The first-order valence-corrected chi connectivity index (χ1v) is 7.95. The fourth-order valence-electron chi connectivity index (χ4n) is 3.38. The monoisotopic (exact) mass is 280 g/mol. The van der Waals surface area contributed by atoms with Gasteiger partial charge in [-0.1, -0.05) is 60.7 Å². The number of hydrogen-bond donors (Lipinski definition) is 0. The normalized spacial score (nSPS) is 21.1. The predicted molar refractivity (Wildman–Crippen MR) is 87.4 cm³/mol. The zero-order valence-electron chi connectivity index (χ0n) is 12.8. The van der Waals surface area contributed by atoms with Crippen molar-refractivity contribution in [2.75, 3.05) is 6.61 Å². The number of ether oxygens (including phenoxy) is 1. The van der Waals surface area contributed by atoms with Gasteiger partial charge in [0.25, 0.3) is 0 Å². The van der Waals surface area contributed by atoms with Crippen molar-refractivity contribution in [3.63, 3.8) is 0 Å². The molecule has 0 radical (unpaired) electrons. The molecule has 0 bridgehead atoms. The lowest BCUT2D eigenvalue weighted by atomic mass is 9.72. The fourth-order valence-corrected chi connectivity index (χ4v) is 3.38. The minimum absolute atomic E-state index is 0.245. The fraction of sp³-hybridized carbons (Fsp3) is 0.400. The summed E-state index contributed by atoms with van der Waals surface area (Å²) in [5.74, 6) is 0. The predicted octanol–water partition coefficient (Wildman–Crippen LogP) is 4.66. The molecule has 2 aromatic carbocycles. The van der Waals surface area contributed by atoms with Gasteiger partial charge in [0, 0.05) is 5.41 Å². The van der Waals surface area contributed by atoms with E-state index >= 15 is 0 Å². The largest absolute Gasteiger partial charge is 0.378 e. The molecule has 2 aromatic rings. The van der Waals surface area contributed by atoms with Crippen molar-refractivity contribution in [2.45, 2.75) is 38.7 Å². The Morgan fingerprint density at radius 2 is 1.43 bits per heavy atom. The van der Waals surface area contributed by atoms with Gasteiger partial charge in [0.2, 0.25) is 0 Å². The summed E-state index contributed by atoms with van der Waals surface area (Å²) in [6.07, 6.45) is 5.03. The Morgan fingerprint density at radius 3 is 1.86 bits per heavy atom. The zero-order valence-corrected chi connectivity index (χ0v) is 12.8. The smallest absolute Gasteiger partial charge is 0.0547 e. The van der Waals surface area contributed by atoms with Gasteiger partial charge >= 0.3 is 0 Å². The molecule has 0 N–H and O–H groups in total. The van der Waals surface area contributed by atoms with Crippen LogP contribution in [-0.2, 0) is 17.6 Å². The molecule has 1 heterocycles. The van der Waals surface area contributed by atoms with E-state index in [4.69, 9.17) is 4.74 Å². The Kier molecular flexibility index (Phi) is 4.40. The first kappa shape index (κ1) is 14.3. The highest BCUT2D eigenvalue weighted by atomic mass is 16.5. The van der Waals surface area contributed by atoms with Crippen LogP contribution in [0.5, 0.6) is 0 Å². The molecule has 1 atom stereocenters. The van der Waals surface area contributed by atoms with Crippen LogP contribution in [0.1, 0.15) is 30.9 Å². The highest BCUT2D eigenvalue weighted by Crippen LogP contribution is 2.37. The molecule has 1 fully saturated rings. The second-order valence-electron chi connectivity index (χ2n) is 6.49. The molecular formula is C20H24O. The molecule has 0 saturated carbocycles. The molecule has 3 rings (SSSR count). The summed E-state index contributed by atoms with van der Waals surface area (Å²) in [4.78, 5) is 0. The molecule has 1 saturated heterocycles. The van der Waals surface area contributed by atoms with Crippen molar-refractivity contribution in [2.24, 2.45) is 5.41 Å². The van der Waals surface area contributed by atoms with Crippen LogP contribution >= 0.6 is 0 Å². The molecule has 1 aliphatic heterocycles. The van der Waals surface area contributed by atoms with E-state index in [1.807, 2.05) is 0 Å². The molecule has 110 valence electrons.